The van der Waals surface area contributed by atoms with E-state index in [0.717, 1.165) is 24.2 Å². The Kier molecular flexibility index (Phi) is 4.16. The molecule has 3 nitrogen and oxygen atoms in total. The van der Waals surface area contributed by atoms with Crippen molar-refractivity contribution in [2.45, 2.75) is 45.1 Å². The lowest BCUT2D eigenvalue weighted by molar-refractivity contribution is 0.0184. The highest BCUT2D eigenvalue weighted by molar-refractivity contribution is 5.41. The Morgan fingerprint density at radius 3 is 2.47 bits per heavy atom. The van der Waals surface area contributed by atoms with Crippen molar-refractivity contribution < 1.29 is 9.84 Å². The summed E-state index contributed by atoms with van der Waals surface area (Å²) in [5.41, 5.74) is 8.59. The predicted molar refractivity (Wildman–Crippen MR) is 77.4 cm³/mol. The van der Waals surface area contributed by atoms with Crippen molar-refractivity contribution >= 4 is 0 Å². The SMILES string of the molecule is COc1ccc(C(N)C2(CO)CCC2)cc1C(C)C. The number of hydrogen-bond acceptors (Lipinski definition) is 3. The Labute approximate surface area is 115 Å². The standard InChI is InChI=1S/C16H25NO2/c1-11(2)13-9-12(5-6-14(13)19-3)15(17)16(10-18)7-4-8-16/h5-6,9,11,15,18H,4,7-8,10,17H2,1-3H3. The molecule has 1 aliphatic rings. The van der Waals surface area contributed by atoms with E-state index in [1.54, 1.807) is 7.11 Å². The van der Waals surface area contributed by atoms with Gasteiger partial charge in [-0.3, -0.25) is 0 Å². The second kappa shape index (κ2) is 5.51. The molecule has 0 saturated heterocycles. The van der Waals surface area contributed by atoms with Gasteiger partial charge in [-0.1, -0.05) is 32.4 Å². The van der Waals surface area contributed by atoms with E-state index in [0.29, 0.717) is 5.92 Å². The fraction of sp³-hybridized carbons (Fsp3) is 0.625. The van der Waals surface area contributed by atoms with Crippen LogP contribution in [0.2, 0.25) is 0 Å². The summed E-state index contributed by atoms with van der Waals surface area (Å²) < 4.78 is 5.40. The molecular weight excluding hydrogens is 238 g/mol. The summed E-state index contributed by atoms with van der Waals surface area (Å²) in [4.78, 5) is 0. The molecule has 1 aliphatic carbocycles. The van der Waals surface area contributed by atoms with E-state index in [9.17, 15) is 5.11 Å². The molecule has 0 aliphatic heterocycles. The number of aliphatic hydroxyl groups is 1. The van der Waals surface area contributed by atoms with E-state index in [4.69, 9.17) is 10.5 Å². The zero-order chi connectivity index (χ0) is 14.0. The second-order valence-electron chi connectivity index (χ2n) is 6.01. The maximum atomic E-state index is 9.64. The number of aliphatic hydroxyl groups excluding tert-OH is 1. The second-order valence-corrected chi connectivity index (χ2v) is 6.01. The van der Waals surface area contributed by atoms with Gasteiger partial charge >= 0.3 is 0 Å². The van der Waals surface area contributed by atoms with Crippen LogP contribution < -0.4 is 10.5 Å². The molecule has 0 heterocycles. The van der Waals surface area contributed by atoms with Gasteiger partial charge in [-0.15, -0.1) is 0 Å². The summed E-state index contributed by atoms with van der Waals surface area (Å²) in [5.74, 6) is 1.31. The van der Waals surface area contributed by atoms with Crippen molar-refractivity contribution in [3.8, 4) is 5.75 Å². The van der Waals surface area contributed by atoms with Gasteiger partial charge < -0.3 is 15.6 Å². The summed E-state index contributed by atoms with van der Waals surface area (Å²) in [6, 6.07) is 6.08. The zero-order valence-corrected chi connectivity index (χ0v) is 12.1. The van der Waals surface area contributed by atoms with Crippen LogP contribution in [-0.2, 0) is 0 Å². The molecule has 3 N–H and O–H groups in total. The van der Waals surface area contributed by atoms with Crippen molar-refractivity contribution in [3.05, 3.63) is 29.3 Å². The van der Waals surface area contributed by atoms with Crippen LogP contribution in [0.4, 0.5) is 0 Å². The Morgan fingerprint density at radius 1 is 1.37 bits per heavy atom. The van der Waals surface area contributed by atoms with E-state index < -0.39 is 0 Å². The summed E-state index contributed by atoms with van der Waals surface area (Å²) >= 11 is 0. The summed E-state index contributed by atoms with van der Waals surface area (Å²) in [6.45, 7) is 4.48. The van der Waals surface area contributed by atoms with Crippen molar-refractivity contribution in [1.29, 1.82) is 0 Å². The third-order valence-electron chi connectivity index (χ3n) is 4.56. The van der Waals surface area contributed by atoms with Crippen molar-refractivity contribution in [2.75, 3.05) is 13.7 Å². The molecule has 1 saturated carbocycles. The molecule has 0 aromatic heterocycles. The molecule has 3 heteroatoms. The minimum Gasteiger partial charge on any atom is -0.496 e. The van der Waals surface area contributed by atoms with Gasteiger partial charge in [0.15, 0.2) is 0 Å². The largest absolute Gasteiger partial charge is 0.496 e. The average molecular weight is 263 g/mol. The quantitative estimate of drug-likeness (QED) is 0.858. The number of hydrogen-bond donors (Lipinski definition) is 2. The number of methoxy groups -OCH3 is 1. The van der Waals surface area contributed by atoms with Gasteiger partial charge in [0, 0.05) is 11.5 Å². The maximum Gasteiger partial charge on any atom is 0.122 e. The third-order valence-corrected chi connectivity index (χ3v) is 4.56. The lowest BCUT2D eigenvalue weighted by Crippen LogP contribution is -2.43. The van der Waals surface area contributed by atoms with Crippen LogP contribution in [0.3, 0.4) is 0 Å². The number of rotatable bonds is 5. The molecule has 1 aromatic rings. The van der Waals surface area contributed by atoms with Gasteiger partial charge in [-0.05, 0) is 36.0 Å². The minimum absolute atomic E-state index is 0.0883. The van der Waals surface area contributed by atoms with Crippen LogP contribution in [-0.4, -0.2) is 18.8 Å². The lowest BCUT2D eigenvalue weighted by atomic mass is 9.63. The van der Waals surface area contributed by atoms with Crippen molar-refractivity contribution in [3.63, 3.8) is 0 Å². The predicted octanol–water partition coefficient (Wildman–Crippen LogP) is 2.98. The first kappa shape index (κ1) is 14.4. The van der Waals surface area contributed by atoms with Gasteiger partial charge in [0.25, 0.3) is 0 Å². The Bertz CT molecular complexity index is 433. The average Bonchev–Trinajstić information content (AvgIpc) is 2.37. The minimum atomic E-state index is -0.108. The lowest BCUT2D eigenvalue weighted by Gasteiger charge is -2.45. The Hall–Kier alpha value is -1.06. The number of benzene rings is 1. The van der Waals surface area contributed by atoms with Gasteiger partial charge in [0.05, 0.1) is 13.7 Å². The first-order chi connectivity index (χ1) is 9.04. The van der Waals surface area contributed by atoms with Crippen LogP contribution in [0, 0.1) is 5.41 Å². The number of ether oxygens (including phenoxy) is 1. The molecule has 1 atom stereocenters. The molecule has 1 fully saturated rings. The molecule has 0 amide bonds. The molecule has 1 unspecified atom stereocenters. The smallest absolute Gasteiger partial charge is 0.122 e. The highest BCUT2D eigenvalue weighted by Gasteiger charge is 2.42. The molecule has 0 spiro atoms. The summed E-state index contributed by atoms with van der Waals surface area (Å²) in [5, 5.41) is 9.64. The fourth-order valence-electron chi connectivity index (χ4n) is 2.95. The van der Waals surface area contributed by atoms with Crippen molar-refractivity contribution in [2.24, 2.45) is 11.1 Å². The van der Waals surface area contributed by atoms with Crippen LogP contribution in [0.25, 0.3) is 0 Å². The van der Waals surface area contributed by atoms with Crippen LogP contribution in [0.15, 0.2) is 18.2 Å². The maximum absolute atomic E-state index is 9.64. The Balaban J connectivity index is 2.32. The molecule has 106 valence electrons. The van der Waals surface area contributed by atoms with Gasteiger partial charge in [0.2, 0.25) is 0 Å². The molecule has 2 rings (SSSR count). The van der Waals surface area contributed by atoms with E-state index in [-0.39, 0.29) is 18.1 Å². The molecule has 0 radical (unpaired) electrons. The normalized spacial score (nSPS) is 19.1. The van der Waals surface area contributed by atoms with Crippen LogP contribution in [0.1, 0.15) is 56.2 Å². The van der Waals surface area contributed by atoms with Gasteiger partial charge in [-0.25, -0.2) is 0 Å². The summed E-state index contributed by atoms with van der Waals surface area (Å²) in [7, 11) is 1.70. The highest BCUT2D eigenvalue weighted by Crippen LogP contribution is 2.49. The zero-order valence-electron chi connectivity index (χ0n) is 12.1. The van der Waals surface area contributed by atoms with E-state index in [1.165, 1.54) is 12.0 Å². The van der Waals surface area contributed by atoms with Gasteiger partial charge in [-0.2, -0.15) is 0 Å². The molecule has 19 heavy (non-hydrogen) atoms. The topological polar surface area (TPSA) is 55.5 Å². The van der Waals surface area contributed by atoms with E-state index >= 15 is 0 Å². The number of nitrogens with two attached hydrogens (primary N) is 1. The summed E-state index contributed by atoms with van der Waals surface area (Å²) in [6.07, 6.45) is 3.21. The third kappa shape index (κ3) is 2.49. The first-order valence-corrected chi connectivity index (χ1v) is 7.08. The van der Waals surface area contributed by atoms with Crippen molar-refractivity contribution in [1.82, 2.24) is 0 Å². The van der Waals surface area contributed by atoms with Crippen LogP contribution in [0.5, 0.6) is 5.75 Å². The monoisotopic (exact) mass is 263 g/mol. The highest BCUT2D eigenvalue weighted by atomic mass is 16.5. The fourth-order valence-corrected chi connectivity index (χ4v) is 2.95. The van der Waals surface area contributed by atoms with Gasteiger partial charge in [0.1, 0.15) is 5.75 Å². The van der Waals surface area contributed by atoms with Crippen LogP contribution >= 0.6 is 0 Å². The molecule has 0 bridgehead atoms. The Morgan fingerprint density at radius 2 is 2.05 bits per heavy atom. The van der Waals surface area contributed by atoms with E-state index in [2.05, 4.69) is 19.9 Å². The first-order valence-electron chi connectivity index (χ1n) is 7.08. The van der Waals surface area contributed by atoms with E-state index in [1.807, 2.05) is 12.1 Å². The molecule has 1 aromatic carbocycles. The molecular formula is C16H25NO2.